The van der Waals surface area contributed by atoms with E-state index in [0.717, 1.165) is 5.92 Å². The van der Waals surface area contributed by atoms with Crippen molar-refractivity contribution in [2.75, 3.05) is 13.1 Å². The first-order chi connectivity index (χ1) is 10.3. The Bertz CT molecular complexity index is 509. The van der Waals surface area contributed by atoms with Gasteiger partial charge in [-0.05, 0) is 56.0 Å². The van der Waals surface area contributed by atoms with Gasteiger partial charge in [0.1, 0.15) is 0 Å². The molecule has 0 amide bonds. The quantitative estimate of drug-likeness (QED) is 0.875. The Balaban J connectivity index is 0.000000234. The van der Waals surface area contributed by atoms with Crippen LogP contribution in [-0.4, -0.2) is 18.2 Å². The Hall–Kier alpha value is -1.87. The highest BCUT2D eigenvalue weighted by Gasteiger charge is 2.12. The number of phenols is 1. The molecule has 0 bridgehead atoms. The van der Waals surface area contributed by atoms with Crippen molar-refractivity contribution >= 4 is 0 Å². The molecule has 1 heterocycles. The van der Waals surface area contributed by atoms with E-state index < -0.39 is 5.82 Å². The highest BCUT2D eigenvalue weighted by atomic mass is 19.1. The van der Waals surface area contributed by atoms with Gasteiger partial charge < -0.3 is 10.4 Å². The van der Waals surface area contributed by atoms with E-state index in [1.807, 2.05) is 0 Å². The van der Waals surface area contributed by atoms with E-state index >= 15 is 0 Å². The minimum absolute atomic E-state index is 0. The van der Waals surface area contributed by atoms with Crippen LogP contribution in [0.25, 0.3) is 0 Å². The number of hydrogen-bond donors (Lipinski definition) is 2. The average molecular weight is 289 g/mol. The molecule has 114 valence electrons. The first-order valence-electron chi connectivity index (χ1n) is 7.44. The molecule has 1 fully saturated rings. The summed E-state index contributed by atoms with van der Waals surface area (Å²) >= 11 is 0. The van der Waals surface area contributed by atoms with Gasteiger partial charge in [-0.1, -0.05) is 42.5 Å². The summed E-state index contributed by atoms with van der Waals surface area (Å²) < 4.78 is 12.1. The summed E-state index contributed by atoms with van der Waals surface area (Å²) in [7, 11) is 0. The molecule has 2 nitrogen and oxygen atoms in total. The van der Waals surface area contributed by atoms with Crippen molar-refractivity contribution < 1.29 is 10.9 Å². The van der Waals surface area contributed by atoms with Gasteiger partial charge in [-0.25, -0.2) is 4.39 Å². The molecule has 0 atom stereocenters. The zero-order valence-electron chi connectivity index (χ0n) is 12.1. The Labute approximate surface area is 127 Å². The van der Waals surface area contributed by atoms with Gasteiger partial charge in [0.05, 0.1) is 0 Å². The topological polar surface area (TPSA) is 32.3 Å². The maximum Gasteiger partial charge on any atom is 0.164 e. The number of phenolic OH excluding ortho intramolecular Hbond substituents is 1. The minimum atomic E-state index is -0.576. The van der Waals surface area contributed by atoms with Crippen molar-refractivity contribution in [3.8, 4) is 5.75 Å². The van der Waals surface area contributed by atoms with E-state index in [1.54, 1.807) is 6.07 Å². The monoisotopic (exact) mass is 289 g/mol. The Morgan fingerprint density at radius 3 is 2.19 bits per heavy atom. The largest absolute Gasteiger partial charge is 0.505 e. The first kappa shape index (κ1) is 15.5. The number of hydrogen-bond acceptors (Lipinski definition) is 2. The van der Waals surface area contributed by atoms with Crippen molar-refractivity contribution in [1.29, 1.82) is 0 Å². The third-order valence-corrected chi connectivity index (χ3v) is 3.68. The van der Waals surface area contributed by atoms with Crippen molar-refractivity contribution in [1.82, 2.24) is 5.32 Å². The summed E-state index contributed by atoms with van der Waals surface area (Å²) in [5.41, 5.74) is 1.49. The summed E-state index contributed by atoms with van der Waals surface area (Å²) in [6.45, 7) is 2.41. The van der Waals surface area contributed by atoms with Crippen molar-refractivity contribution in [3.63, 3.8) is 0 Å². The number of aromatic hydroxyl groups is 1. The van der Waals surface area contributed by atoms with Gasteiger partial charge in [-0.3, -0.25) is 0 Å². The summed E-state index contributed by atoms with van der Waals surface area (Å²) in [6.07, 6.45) is 3.95. The average Bonchev–Trinajstić information content (AvgIpc) is 2.53. The zero-order chi connectivity index (χ0) is 14.9. The van der Waals surface area contributed by atoms with Gasteiger partial charge >= 0.3 is 0 Å². The van der Waals surface area contributed by atoms with Crippen molar-refractivity contribution in [2.45, 2.75) is 19.3 Å². The lowest BCUT2D eigenvalue weighted by Gasteiger charge is -2.22. The fourth-order valence-electron chi connectivity index (χ4n) is 2.48. The van der Waals surface area contributed by atoms with Crippen LogP contribution < -0.4 is 5.32 Å². The number of halogens is 1. The molecule has 0 aromatic heterocycles. The first-order valence-corrected chi connectivity index (χ1v) is 7.44. The lowest BCUT2D eigenvalue weighted by atomic mass is 9.91. The molecule has 1 aliphatic rings. The van der Waals surface area contributed by atoms with Gasteiger partial charge in [0.2, 0.25) is 0 Å². The summed E-state index contributed by atoms with van der Waals surface area (Å²) in [5, 5.41) is 11.9. The van der Waals surface area contributed by atoms with Crippen molar-refractivity contribution in [3.05, 3.63) is 66.0 Å². The highest BCUT2D eigenvalue weighted by molar-refractivity contribution is 5.21. The lowest BCUT2D eigenvalue weighted by Crippen LogP contribution is -2.28. The summed E-state index contributed by atoms with van der Waals surface area (Å²) in [5.74, 6) is 0.0312. The maximum atomic E-state index is 12.1. The fraction of sp³-hybridized carbons (Fsp3) is 0.333. The Morgan fingerprint density at radius 2 is 1.62 bits per heavy atom. The third-order valence-electron chi connectivity index (χ3n) is 3.68. The lowest BCUT2D eigenvalue weighted by molar-refractivity contribution is 0.372. The van der Waals surface area contributed by atoms with E-state index in [1.165, 1.54) is 56.1 Å². The zero-order valence-corrected chi connectivity index (χ0v) is 12.1. The summed E-state index contributed by atoms with van der Waals surface area (Å²) in [4.78, 5) is 0. The van der Waals surface area contributed by atoms with E-state index in [0.29, 0.717) is 0 Å². The predicted octanol–water partition coefficient (Wildman–Crippen LogP) is 4.01. The number of piperidine rings is 1. The standard InChI is InChI=1S/C12H17N.C6H5FO.H2/c1-2-4-11(5-3-1)10-12-6-8-13-9-7-12;7-5-3-1-2-4-6(5)8;/h1-5,12-13H,6-10H2;1-4,8H;1H. The van der Waals surface area contributed by atoms with Crippen LogP contribution in [0.15, 0.2) is 54.6 Å². The predicted molar refractivity (Wildman–Crippen MR) is 85.9 cm³/mol. The van der Waals surface area contributed by atoms with E-state index in [-0.39, 0.29) is 7.18 Å². The molecule has 3 heteroatoms. The molecular formula is C18H24FNO. The van der Waals surface area contributed by atoms with Crippen molar-refractivity contribution in [2.24, 2.45) is 5.92 Å². The number of nitrogens with one attached hydrogen (secondary N) is 1. The second kappa shape index (κ2) is 8.42. The van der Waals surface area contributed by atoms with Crippen LogP contribution >= 0.6 is 0 Å². The second-order valence-electron chi connectivity index (χ2n) is 5.33. The third kappa shape index (κ3) is 5.56. The maximum absolute atomic E-state index is 12.1. The molecule has 0 radical (unpaired) electrons. The van der Waals surface area contributed by atoms with Crippen LogP contribution in [0.1, 0.15) is 19.8 Å². The molecule has 2 aromatic carbocycles. The molecule has 1 saturated heterocycles. The van der Waals surface area contributed by atoms with Crippen LogP contribution in [-0.2, 0) is 6.42 Å². The minimum Gasteiger partial charge on any atom is -0.505 e. The van der Waals surface area contributed by atoms with Crippen LogP contribution in [0.4, 0.5) is 4.39 Å². The van der Waals surface area contributed by atoms with Gasteiger partial charge in [-0.2, -0.15) is 0 Å². The second-order valence-corrected chi connectivity index (χ2v) is 5.33. The Morgan fingerprint density at radius 1 is 1.00 bits per heavy atom. The number of benzene rings is 2. The van der Waals surface area contributed by atoms with Crippen LogP contribution in [0.5, 0.6) is 5.75 Å². The van der Waals surface area contributed by atoms with Crippen LogP contribution in [0, 0.1) is 11.7 Å². The van der Waals surface area contributed by atoms with Gasteiger partial charge in [-0.15, -0.1) is 0 Å². The van der Waals surface area contributed by atoms with E-state index in [4.69, 9.17) is 5.11 Å². The molecule has 0 spiro atoms. The molecule has 0 aliphatic carbocycles. The molecule has 1 aliphatic heterocycles. The van der Waals surface area contributed by atoms with Crippen LogP contribution in [0.2, 0.25) is 0 Å². The molecular weight excluding hydrogens is 265 g/mol. The molecule has 3 rings (SSSR count). The van der Waals surface area contributed by atoms with E-state index in [9.17, 15) is 4.39 Å². The number of para-hydroxylation sites is 1. The summed E-state index contributed by atoms with van der Waals surface area (Å²) in [6, 6.07) is 16.4. The molecule has 0 saturated carbocycles. The molecule has 2 aromatic rings. The fourth-order valence-corrected chi connectivity index (χ4v) is 2.48. The SMILES string of the molecule is Oc1ccccc1F.[HH].c1ccc(CC2CCNCC2)cc1. The number of rotatable bonds is 2. The molecule has 21 heavy (non-hydrogen) atoms. The Kier molecular flexibility index (Phi) is 6.22. The molecule has 0 unspecified atom stereocenters. The van der Waals surface area contributed by atoms with Gasteiger partial charge in [0, 0.05) is 1.43 Å². The van der Waals surface area contributed by atoms with Crippen LogP contribution in [0.3, 0.4) is 0 Å². The normalized spacial score (nSPS) is 15.1. The smallest absolute Gasteiger partial charge is 0.164 e. The highest BCUT2D eigenvalue weighted by Crippen LogP contribution is 2.17. The van der Waals surface area contributed by atoms with Gasteiger partial charge in [0.15, 0.2) is 11.6 Å². The van der Waals surface area contributed by atoms with Gasteiger partial charge in [0.25, 0.3) is 0 Å². The molecule has 2 N–H and O–H groups in total. The van der Waals surface area contributed by atoms with E-state index in [2.05, 4.69) is 35.6 Å².